The molecule has 1 unspecified atom stereocenters. The molecule has 0 N–H and O–H groups in total. The van der Waals surface area contributed by atoms with Crippen LogP contribution in [0.5, 0.6) is 0 Å². The van der Waals surface area contributed by atoms with E-state index in [-0.39, 0.29) is 5.41 Å². The fourth-order valence-corrected chi connectivity index (χ4v) is 9.07. The smallest absolute Gasteiger partial charge is 0.164 e. The molecule has 11 rings (SSSR count). The third-order valence-corrected chi connectivity index (χ3v) is 12.5. The van der Waals surface area contributed by atoms with Gasteiger partial charge in [-0.05, 0) is 85.3 Å². The van der Waals surface area contributed by atoms with E-state index in [1.807, 2.05) is 12.1 Å². The van der Waals surface area contributed by atoms with Crippen LogP contribution >= 0.6 is 0 Å². The largest absolute Gasteiger partial charge is 0.208 e. The summed E-state index contributed by atoms with van der Waals surface area (Å²) in [7, 11) is 0. The minimum Gasteiger partial charge on any atom is -0.208 e. The topological polar surface area (TPSA) is 38.7 Å². The molecule has 3 nitrogen and oxygen atoms in total. The van der Waals surface area contributed by atoms with Crippen LogP contribution in [0, 0.1) is 0 Å². The zero-order valence-electron chi connectivity index (χ0n) is 34.3. The van der Waals surface area contributed by atoms with Gasteiger partial charge in [0.2, 0.25) is 0 Å². The van der Waals surface area contributed by atoms with Crippen molar-refractivity contribution in [3.05, 3.63) is 247 Å². The number of benzene rings is 9. The molecule has 9 aromatic carbocycles. The lowest BCUT2D eigenvalue weighted by atomic mass is 9.74. The summed E-state index contributed by atoms with van der Waals surface area (Å²) in [4.78, 5) is 15.6. The zero-order chi connectivity index (χ0) is 41.5. The summed E-state index contributed by atoms with van der Waals surface area (Å²) < 4.78 is 0. The molecular weight excluding hydrogens is 751 g/mol. The molecule has 0 fully saturated rings. The molecule has 0 saturated heterocycles. The predicted molar refractivity (Wildman–Crippen MR) is 255 cm³/mol. The maximum atomic E-state index is 5.22. The Morgan fingerprint density at radius 1 is 0.258 bits per heavy atom. The quantitative estimate of drug-likeness (QED) is 0.154. The Morgan fingerprint density at radius 2 is 0.565 bits per heavy atom. The van der Waals surface area contributed by atoms with Crippen LogP contribution in [0.15, 0.2) is 231 Å². The third-order valence-electron chi connectivity index (χ3n) is 12.5. The molecule has 1 aromatic heterocycles. The SMILES string of the molecule is CC1(c2ccccc2)c2ccccc2-c2ccc(-c3nc(-c4ccc(-c5ccc(-c6ccccc6)cc5)cc4)nc(-c4ccc(-c5ccc(-c6ccccc6)cc5)cc4)n3)cc21. The van der Waals surface area contributed by atoms with Crippen molar-refractivity contribution >= 4 is 0 Å². The molecule has 0 radical (unpaired) electrons. The molecule has 1 atom stereocenters. The van der Waals surface area contributed by atoms with Gasteiger partial charge in [0, 0.05) is 22.1 Å². The average molecular weight is 792 g/mol. The van der Waals surface area contributed by atoms with Crippen LogP contribution in [-0.2, 0) is 5.41 Å². The van der Waals surface area contributed by atoms with E-state index < -0.39 is 0 Å². The summed E-state index contributed by atoms with van der Waals surface area (Å²) in [6.07, 6.45) is 0. The highest BCUT2D eigenvalue weighted by atomic mass is 15.0. The van der Waals surface area contributed by atoms with Crippen LogP contribution in [0.3, 0.4) is 0 Å². The molecule has 1 aliphatic carbocycles. The van der Waals surface area contributed by atoms with E-state index in [0.29, 0.717) is 17.5 Å². The first kappa shape index (κ1) is 37.0. The number of nitrogens with zero attached hydrogens (tertiary/aromatic N) is 3. The first-order chi connectivity index (χ1) is 30.6. The lowest BCUT2D eigenvalue weighted by Crippen LogP contribution is -2.22. The van der Waals surface area contributed by atoms with Gasteiger partial charge in [-0.15, -0.1) is 0 Å². The van der Waals surface area contributed by atoms with Crippen LogP contribution < -0.4 is 0 Å². The Kier molecular flexibility index (Phi) is 9.28. The van der Waals surface area contributed by atoms with E-state index in [0.717, 1.165) is 38.9 Å². The van der Waals surface area contributed by atoms with Crippen molar-refractivity contribution in [2.45, 2.75) is 12.3 Å². The second kappa shape index (κ2) is 15.5. The van der Waals surface area contributed by atoms with Gasteiger partial charge in [-0.25, -0.2) is 15.0 Å². The Hall–Kier alpha value is -8.01. The molecule has 0 saturated carbocycles. The number of rotatable bonds is 8. The Morgan fingerprint density at radius 3 is 1.00 bits per heavy atom. The minimum absolute atomic E-state index is 0.341. The van der Waals surface area contributed by atoms with E-state index in [9.17, 15) is 0 Å². The maximum absolute atomic E-state index is 5.22. The van der Waals surface area contributed by atoms with E-state index >= 15 is 0 Å². The first-order valence-corrected chi connectivity index (χ1v) is 21.2. The summed E-state index contributed by atoms with van der Waals surface area (Å²) in [5, 5.41) is 0. The highest BCUT2D eigenvalue weighted by molar-refractivity contribution is 5.85. The zero-order valence-corrected chi connectivity index (χ0v) is 34.3. The van der Waals surface area contributed by atoms with Gasteiger partial charge in [0.1, 0.15) is 0 Å². The predicted octanol–water partition coefficient (Wildman–Crippen LogP) is 14.9. The third kappa shape index (κ3) is 6.70. The molecule has 292 valence electrons. The molecule has 0 bridgehead atoms. The summed E-state index contributed by atoms with van der Waals surface area (Å²) in [5.74, 6) is 1.90. The Bertz CT molecular complexity index is 3030. The Balaban J connectivity index is 0.981. The van der Waals surface area contributed by atoms with E-state index in [4.69, 9.17) is 15.0 Å². The lowest BCUT2D eigenvalue weighted by Gasteiger charge is -2.28. The van der Waals surface area contributed by atoms with Crippen LogP contribution in [0.25, 0.3) is 89.8 Å². The van der Waals surface area contributed by atoms with Crippen molar-refractivity contribution in [3.63, 3.8) is 0 Å². The molecular formula is C59H41N3. The van der Waals surface area contributed by atoms with Gasteiger partial charge < -0.3 is 0 Å². The second-order valence-electron chi connectivity index (χ2n) is 16.1. The number of aromatic nitrogens is 3. The summed E-state index contributed by atoms with van der Waals surface area (Å²) in [5.41, 5.74) is 18.2. The lowest BCUT2D eigenvalue weighted by molar-refractivity contribution is 0.714. The summed E-state index contributed by atoms with van der Waals surface area (Å²) >= 11 is 0. The normalized spacial score (nSPS) is 14.0. The highest BCUT2D eigenvalue weighted by Crippen LogP contribution is 2.53. The fourth-order valence-electron chi connectivity index (χ4n) is 9.07. The van der Waals surface area contributed by atoms with Gasteiger partial charge in [0.25, 0.3) is 0 Å². The minimum atomic E-state index is -0.341. The van der Waals surface area contributed by atoms with E-state index in [1.165, 1.54) is 50.1 Å². The van der Waals surface area contributed by atoms with Gasteiger partial charge in [0.15, 0.2) is 17.5 Å². The molecule has 10 aromatic rings. The second-order valence-corrected chi connectivity index (χ2v) is 16.1. The van der Waals surface area contributed by atoms with Crippen molar-refractivity contribution < 1.29 is 0 Å². The molecule has 3 heteroatoms. The summed E-state index contributed by atoms with van der Waals surface area (Å²) in [6.45, 7) is 2.34. The van der Waals surface area contributed by atoms with Crippen LogP contribution in [0.2, 0.25) is 0 Å². The van der Waals surface area contributed by atoms with Crippen LogP contribution in [-0.4, -0.2) is 15.0 Å². The standard InChI is InChI=1S/C59H41N3/c1-59(51-17-9-4-10-18-51)54-20-12-11-19-52(54)53-38-37-50(39-55(53)59)58-61-56(48-33-29-46(30-34-48)44-25-21-42(22-26-44)40-13-5-2-6-14-40)60-57(62-58)49-35-31-47(32-36-49)45-27-23-43(24-28-45)41-15-7-3-8-16-41/h2-39H,1H3. The molecule has 0 amide bonds. The number of hydrogen-bond donors (Lipinski definition) is 0. The molecule has 1 aliphatic rings. The molecule has 62 heavy (non-hydrogen) atoms. The fraction of sp³-hybridized carbons (Fsp3) is 0.0339. The molecule has 0 aliphatic heterocycles. The van der Waals surface area contributed by atoms with Crippen molar-refractivity contribution in [1.29, 1.82) is 0 Å². The Labute approximate surface area is 362 Å². The van der Waals surface area contributed by atoms with E-state index in [1.54, 1.807) is 0 Å². The maximum Gasteiger partial charge on any atom is 0.164 e. The average Bonchev–Trinajstić information content (AvgIpc) is 3.62. The van der Waals surface area contributed by atoms with Gasteiger partial charge in [-0.2, -0.15) is 0 Å². The van der Waals surface area contributed by atoms with Crippen molar-refractivity contribution in [1.82, 2.24) is 15.0 Å². The van der Waals surface area contributed by atoms with E-state index in [2.05, 4.69) is 225 Å². The number of fused-ring (bicyclic) bond motifs is 3. The first-order valence-electron chi connectivity index (χ1n) is 21.2. The van der Waals surface area contributed by atoms with Crippen molar-refractivity contribution in [2.75, 3.05) is 0 Å². The molecule has 1 heterocycles. The van der Waals surface area contributed by atoms with Gasteiger partial charge in [-0.3, -0.25) is 0 Å². The number of hydrogen-bond acceptors (Lipinski definition) is 3. The summed E-state index contributed by atoms with van der Waals surface area (Å²) in [6, 6.07) is 81.9. The van der Waals surface area contributed by atoms with Gasteiger partial charge in [0.05, 0.1) is 0 Å². The van der Waals surface area contributed by atoms with Crippen LogP contribution in [0.4, 0.5) is 0 Å². The molecule has 0 spiro atoms. The van der Waals surface area contributed by atoms with Crippen molar-refractivity contribution in [3.8, 4) is 89.8 Å². The van der Waals surface area contributed by atoms with Crippen LogP contribution in [0.1, 0.15) is 23.6 Å². The van der Waals surface area contributed by atoms with Gasteiger partial charge >= 0.3 is 0 Å². The van der Waals surface area contributed by atoms with Crippen molar-refractivity contribution in [2.24, 2.45) is 0 Å². The monoisotopic (exact) mass is 791 g/mol. The highest BCUT2D eigenvalue weighted by Gasteiger charge is 2.40. The van der Waals surface area contributed by atoms with Gasteiger partial charge in [-0.1, -0.05) is 224 Å².